The molecule has 0 atom stereocenters. The maximum Gasteiger partial charge on any atom is 0.252 e. The van der Waals surface area contributed by atoms with Crippen LogP contribution in [0.1, 0.15) is 22.4 Å². The predicted octanol–water partition coefficient (Wildman–Crippen LogP) is 3.57. The second-order valence-corrected chi connectivity index (χ2v) is 7.69. The molecule has 0 radical (unpaired) electrons. The highest BCUT2D eigenvalue weighted by atomic mass is 19.1. The molecule has 0 aliphatic carbocycles. The van der Waals surface area contributed by atoms with E-state index in [-0.39, 0.29) is 18.0 Å². The highest BCUT2D eigenvalue weighted by Gasteiger charge is 2.19. The Bertz CT molecular complexity index is 1340. The van der Waals surface area contributed by atoms with Gasteiger partial charge in [0.25, 0.3) is 5.56 Å². The van der Waals surface area contributed by atoms with Crippen LogP contribution < -0.4 is 10.9 Å². The van der Waals surface area contributed by atoms with E-state index in [0.717, 1.165) is 22.1 Å². The molecular weight excluding hydrogens is 395 g/mol. The first kappa shape index (κ1) is 20.5. The second-order valence-electron chi connectivity index (χ2n) is 7.69. The van der Waals surface area contributed by atoms with Crippen LogP contribution in [0.3, 0.4) is 0 Å². The molecule has 158 valence electrons. The van der Waals surface area contributed by atoms with Crippen LogP contribution in [0.25, 0.3) is 16.7 Å². The van der Waals surface area contributed by atoms with E-state index in [4.69, 9.17) is 0 Å². The Balaban J connectivity index is 1.72. The summed E-state index contributed by atoms with van der Waals surface area (Å²) >= 11 is 0. The highest BCUT2D eigenvalue weighted by molar-refractivity contribution is 5.85. The molecule has 2 heterocycles. The molecule has 0 aliphatic heterocycles. The Morgan fingerprint density at radius 1 is 1.06 bits per heavy atom. The lowest BCUT2D eigenvalue weighted by molar-refractivity contribution is -0.121. The summed E-state index contributed by atoms with van der Waals surface area (Å²) in [6.45, 7) is 5.86. The normalized spacial score (nSPS) is 11.1. The van der Waals surface area contributed by atoms with Gasteiger partial charge in [0.05, 0.1) is 11.4 Å². The second kappa shape index (κ2) is 8.18. The monoisotopic (exact) mass is 418 g/mol. The molecule has 0 aliphatic rings. The number of nitrogens with zero attached hydrogens (tertiary/aromatic N) is 3. The molecule has 1 amide bonds. The van der Waals surface area contributed by atoms with Crippen LogP contribution in [0.4, 0.5) is 4.39 Å². The van der Waals surface area contributed by atoms with E-state index in [2.05, 4.69) is 10.4 Å². The van der Waals surface area contributed by atoms with Crippen LogP contribution in [0.5, 0.6) is 0 Å². The number of amides is 1. The van der Waals surface area contributed by atoms with Gasteiger partial charge in [0.1, 0.15) is 18.0 Å². The van der Waals surface area contributed by atoms with E-state index >= 15 is 0 Å². The lowest BCUT2D eigenvalue weighted by Crippen LogP contribution is -2.32. The van der Waals surface area contributed by atoms with Gasteiger partial charge in [-0.3, -0.25) is 14.2 Å². The van der Waals surface area contributed by atoms with Crippen molar-refractivity contribution in [1.29, 1.82) is 0 Å². The molecule has 0 saturated carbocycles. The number of hydrogen-bond acceptors (Lipinski definition) is 3. The van der Waals surface area contributed by atoms with Crippen molar-refractivity contribution < 1.29 is 9.18 Å². The SMILES string of the molecule is Cc1ccc(CNC(=O)Cn2c(=O)cc(C)c3c(C)nn(-c4cccc(F)c4)c32)cc1. The summed E-state index contributed by atoms with van der Waals surface area (Å²) in [6.07, 6.45) is 0. The summed E-state index contributed by atoms with van der Waals surface area (Å²) in [5.41, 5.74) is 4.22. The van der Waals surface area contributed by atoms with Crippen molar-refractivity contribution in [3.63, 3.8) is 0 Å². The molecule has 0 fully saturated rings. The van der Waals surface area contributed by atoms with Gasteiger partial charge in [-0.15, -0.1) is 0 Å². The van der Waals surface area contributed by atoms with Gasteiger partial charge in [0.15, 0.2) is 0 Å². The number of benzene rings is 2. The summed E-state index contributed by atoms with van der Waals surface area (Å²) in [4.78, 5) is 25.5. The van der Waals surface area contributed by atoms with Gasteiger partial charge in [-0.05, 0) is 50.1 Å². The van der Waals surface area contributed by atoms with E-state index in [1.165, 1.54) is 27.4 Å². The number of carbonyl (C=O) groups excluding carboxylic acids is 1. The first-order valence-corrected chi connectivity index (χ1v) is 10.0. The van der Waals surface area contributed by atoms with Crippen molar-refractivity contribution in [3.8, 4) is 5.69 Å². The van der Waals surface area contributed by atoms with Crippen LogP contribution in [-0.2, 0) is 17.9 Å². The van der Waals surface area contributed by atoms with E-state index in [0.29, 0.717) is 23.6 Å². The zero-order chi connectivity index (χ0) is 22.1. The highest BCUT2D eigenvalue weighted by Crippen LogP contribution is 2.24. The van der Waals surface area contributed by atoms with Gasteiger partial charge in [-0.2, -0.15) is 5.10 Å². The Morgan fingerprint density at radius 3 is 2.52 bits per heavy atom. The Hall–Kier alpha value is -3.74. The topological polar surface area (TPSA) is 68.9 Å². The minimum atomic E-state index is -0.406. The van der Waals surface area contributed by atoms with E-state index in [1.54, 1.807) is 12.1 Å². The van der Waals surface area contributed by atoms with Crippen LogP contribution in [0.15, 0.2) is 59.4 Å². The average Bonchev–Trinajstić information content (AvgIpc) is 3.08. The minimum absolute atomic E-state index is 0.165. The van der Waals surface area contributed by atoms with Crippen molar-refractivity contribution in [2.45, 2.75) is 33.9 Å². The fourth-order valence-corrected chi connectivity index (χ4v) is 3.71. The molecule has 7 heteroatoms. The van der Waals surface area contributed by atoms with Crippen LogP contribution in [-0.4, -0.2) is 20.3 Å². The summed E-state index contributed by atoms with van der Waals surface area (Å²) in [6, 6.07) is 15.4. The number of rotatable bonds is 5. The van der Waals surface area contributed by atoms with Gasteiger partial charge >= 0.3 is 0 Å². The van der Waals surface area contributed by atoms with Gasteiger partial charge in [0, 0.05) is 18.0 Å². The summed E-state index contributed by atoms with van der Waals surface area (Å²) < 4.78 is 16.8. The quantitative estimate of drug-likeness (QED) is 0.539. The average molecular weight is 418 g/mol. The molecule has 6 nitrogen and oxygen atoms in total. The van der Waals surface area contributed by atoms with Crippen LogP contribution in [0, 0.1) is 26.6 Å². The van der Waals surface area contributed by atoms with E-state index in [1.807, 2.05) is 45.0 Å². The third kappa shape index (κ3) is 4.12. The first-order chi connectivity index (χ1) is 14.8. The predicted molar refractivity (Wildman–Crippen MR) is 118 cm³/mol. The molecule has 4 rings (SSSR count). The van der Waals surface area contributed by atoms with Crippen molar-refractivity contribution >= 4 is 16.9 Å². The molecule has 0 saturated heterocycles. The van der Waals surface area contributed by atoms with Gasteiger partial charge in [-0.25, -0.2) is 9.07 Å². The van der Waals surface area contributed by atoms with Crippen molar-refractivity contribution in [3.05, 3.63) is 93.2 Å². The molecule has 0 spiro atoms. The Kier molecular flexibility index (Phi) is 5.42. The van der Waals surface area contributed by atoms with Crippen LogP contribution in [0.2, 0.25) is 0 Å². The van der Waals surface area contributed by atoms with Crippen molar-refractivity contribution in [1.82, 2.24) is 19.7 Å². The number of halogens is 1. The summed E-state index contributed by atoms with van der Waals surface area (Å²) in [5, 5.41) is 8.16. The third-order valence-electron chi connectivity index (χ3n) is 5.26. The van der Waals surface area contributed by atoms with Crippen molar-refractivity contribution in [2.75, 3.05) is 0 Å². The summed E-state index contributed by atoms with van der Waals surface area (Å²) in [7, 11) is 0. The molecule has 4 aromatic rings. The zero-order valence-electron chi connectivity index (χ0n) is 17.6. The smallest absolute Gasteiger partial charge is 0.252 e. The van der Waals surface area contributed by atoms with Gasteiger partial charge < -0.3 is 5.32 Å². The number of fused-ring (bicyclic) bond motifs is 1. The minimum Gasteiger partial charge on any atom is -0.350 e. The number of hydrogen-bond donors (Lipinski definition) is 1. The largest absolute Gasteiger partial charge is 0.350 e. The summed E-state index contributed by atoms with van der Waals surface area (Å²) in [5.74, 6) is -0.700. The Morgan fingerprint density at radius 2 is 1.81 bits per heavy atom. The zero-order valence-corrected chi connectivity index (χ0v) is 17.6. The standard InChI is InChI=1S/C24H23FN4O2/c1-15-7-9-18(10-8-15)13-26-21(30)14-28-22(31)11-16(2)23-17(3)27-29(24(23)28)20-6-4-5-19(25)12-20/h4-12H,13-14H2,1-3H3,(H,26,30). The van der Waals surface area contributed by atoms with Gasteiger partial charge in [-0.1, -0.05) is 35.9 Å². The van der Waals surface area contributed by atoms with Crippen molar-refractivity contribution in [2.24, 2.45) is 0 Å². The van der Waals surface area contributed by atoms with Gasteiger partial charge in [0.2, 0.25) is 5.91 Å². The van der Waals surface area contributed by atoms with E-state index < -0.39 is 5.82 Å². The maximum atomic E-state index is 13.8. The number of nitrogens with one attached hydrogen (secondary N) is 1. The number of aromatic nitrogens is 3. The molecule has 0 bridgehead atoms. The maximum absolute atomic E-state index is 13.8. The molecule has 2 aromatic heterocycles. The number of pyridine rings is 1. The molecule has 31 heavy (non-hydrogen) atoms. The third-order valence-corrected chi connectivity index (χ3v) is 5.26. The molecule has 0 unspecified atom stereocenters. The lowest BCUT2D eigenvalue weighted by atomic mass is 10.1. The van der Waals surface area contributed by atoms with E-state index in [9.17, 15) is 14.0 Å². The number of aryl methyl sites for hydroxylation is 3. The first-order valence-electron chi connectivity index (χ1n) is 10.0. The Labute approximate surface area is 178 Å². The fourth-order valence-electron chi connectivity index (χ4n) is 3.71. The molecule has 1 N–H and O–H groups in total. The number of carbonyl (C=O) groups is 1. The molecular formula is C24H23FN4O2. The molecule has 2 aromatic carbocycles. The lowest BCUT2D eigenvalue weighted by Gasteiger charge is -2.13. The fraction of sp³-hybridized carbons (Fsp3) is 0.208. The van der Waals surface area contributed by atoms with Crippen LogP contribution >= 0.6 is 0 Å².